The second-order valence-electron chi connectivity index (χ2n) is 6.11. The number of rotatable bonds is 4. The van der Waals surface area contributed by atoms with Crippen molar-refractivity contribution in [2.24, 2.45) is 0 Å². The second-order valence-corrected chi connectivity index (χ2v) is 6.51. The number of anilines is 1. The molecule has 0 aliphatic heterocycles. The Balaban J connectivity index is 1.89. The van der Waals surface area contributed by atoms with Crippen LogP contribution in [0.25, 0.3) is 5.82 Å². The fraction of sp³-hybridized carbons (Fsp3) is 0.222. The van der Waals surface area contributed by atoms with Crippen molar-refractivity contribution in [2.75, 3.05) is 5.32 Å². The van der Waals surface area contributed by atoms with E-state index in [9.17, 15) is 14.0 Å². The molecular formula is C18H17ClFN5O2. The summed E-state index contributed by atoms with van der Waals surface area (Å²) in [6.45, 7) is 5.26. The van der Waals surface area contributed by atoms with Crippen LogP contribution in [0.5, 0.6) is 0 Å². The minimum absolute atomic E-state index is 0.109. The summed E-state index contributed by atoms with van der Waals surface area (Å²) in [4.78, 5) is 24.7. The molecule has 1 atom stereocenters. The van der Waals surface area contributed by atoms with E-state index in [1.165, 1.54) is 18.2 Å². The Kier molecular flexibility index (Phi) is 5.09. The van der Waals surface area contributed by atoms with E-state index in [-0.39, 0.29) is 5.02 Å². The molecule has 0 saturated heterocycles. The van der Waals surface area contributed by atoms with Crippen LogP contribution in [0.15, 0.2) is 41.2 Å². The number of aryl methyl sites for hydroxylation is 2. The van der Waals surface area contributed by atoms with Crippen LogP contribution in [-0.4, -0.2) is 25.5 Å². The summed E-state index contributed by atoms with van der Waals surface area (Å²) in [7, 11) is 0. The van der Waals surface area contributed by atoms with Crippen molar-refractivity contribution in [3.63, 3.8) is 0 Å². The number of benzene rings is 1. The van der Waals surface area contributed by atoms with Crippen LogP contribution >= 0.6 is 11.6 Å². The van der Waals surface area contributed by atoms with Gasteiger partial charge in [-0.25, -0.2) is 13.8 Å². The highest BCUT2D eigenvalue weighted by molar-refractivity contribution is 6.31. The molecule has 1 amide bonds. The molecular weight excluding hydrogens is 373 g/mol. The SMILES string of the molecule is Cc1cc(C)n(-c2ccc(=O)n([C@@H](C)C(=O)Nc3ccc(F)c(Cl)c3)n2)n1. The van der Waals surface area contributed by atoms with E-state index in [0.29, 0.717) is 11.5 Å². The van der Waals surface area contributed by atoms with E-state index >= 15 is 0 Å². The number of amides is 1. The number of halogens is 2. The first-order valence-corrected chi connectivity index (χ1v) is 8.53. The molecule has 0 bridgehead atoms. The summed E-state index contributed by atoms with van der Waals surface area (Å²) >= 11 is 5.72. The highest BCUT2D eigenvalue weighted by Crippen LogP contribution is 2.20. The fourth-order valence-electron chi connectivity index (χ4n) is 2.60. The van der Waals surface area contributed by atoms with Crippen LogP contribution in [-0.2, 0) is 4.79 Å². The first kappa shape index (κ1) is 18.8. The van der Waals surface area contributed by atoms with Crippen LogP contribution < -0.4 is 10.9 Å². The average molecular weight is 390 g/mol. The largest absolute Gasteiger partial charge is 0.324 e. The molecule has 0 radical (unpaired) electrons. The lowest BCUT2D eigenvalue weighted by Crippen LogP contribution is -2.33. The first-order valence-electron chi connectivity index (χ1n) is 8.15. The number of carbonyl (C=O) groups excluding carboxylic acids is 1. The van der Waals surface area contributed by atoms with Gasteiger partial charge in [-0.15, -0.1) is 5.10 Å². The van der Waals surface area contributed by atoms with Crippen LogP contribution in [0, 0.1) is 19.7 Å². The van der Waals surface area contributed by atoms with Crippen LogP contribution in [0.1, 0.15) is 24.4 Å². The molecule has 1 N–H and O–H groups in total. The second kappa shape index (κ2) is 7.32. The number of aromatic nitrogens is 4. The predicted molar refractivity (Wildman–Crippen MR) is 99.8 cm³/mol. The molecule has 0 aliphatic rings. The maximum atomic E-state index is 13.2. The van der Waals surface area contributed by atoms with Gasteiger partial charge in [-0.05, 0) is 51.1 Å². The molecule has 2 heterocycles. The molecule has 0 unspecified atom stereocenters. The van der Waals surface area contributed by atoms with Crippen molar-refractivity contribution in [3.8, 4) is 5.82 Å². The molecule has 1 aromatic carbocycles. The Morgan fingerprint density at radius 2 is 1.93 bits per heavy atom. The van der Waals surface area contributed by atoms with Crippen LogP contribution in [0.3, 0.4) is 0 Å². The molecule has 2 aromatic heterocycles. The van der Waals surface area contributed by atoms with Crippen LogP contribution in [0.2, 0.25) is 5.02 Å². The highest BCUT2D eigenvalue weighted by atomic mass is 35.5. The maximum Gasteiger partial charge on any atom is 0.267 e. The zero-order valence-corrected chi connectivity index (χ0v) is 15.7. The maximum absolute atomic E-state index is 13.2. The van der Waals surface area contributed by atoms with Crippen molar-refractivity contribution in [1.29, 1.82) is 0 Å². The normalized spacial score (nSPS) is 12.0. The van der Waals surface area contributed by atoms with E-state index in [1.54, 1.807) is 17.7 Å². The fourth-order valence-corrected chi connectivity index (χ4v) is 2.78. The Morgan fingerprint density at radius 1 is 1.19 bits per heavy atom. The molecule has 0 aliphatic carbocycles. The van der Waals surface area contributed by atoms with Gasteiger partial charge in [0.1, 0.15) is 11.9 Å². The van der Waals surface area contributed by atoms with Gasteiger partial charge in [0.15, 0.2) is 5.82 Å². The van der Waals surface area contributed by atoms with Gasteiger partial charge in [-0.3, -0.25) is 9.59 Å². The number of nitrogens with zero attached hydrogens (tertiary/aromatic N) is 4. The summed E-state index contributed by atoms with van der Waals surface area (Å²) < 4.78 is 15.9. The zero-order chi connectivity index (χ0) is 19.7. The molecule has 0 saturated carbocycles. The van der Waals surface area contributed by atoms with E-state index in [4.69, 9.17) is 11.6 Å². The quantitative estimate of drug-likeness (QED) is 0.743. The molecule has 0 fully saturated rings. The molecule has 27 heavy (non-hydrogen) atoms. The third-order valence-corrected chi connectivity index (χ3v) is 4.26. The number of carbonyl (C=O) groups is 1. The van der Waals surface area contributed by atoms with E-state index in [0.717, 1.165) is 22.1 Å². The van der Waals surface area contributed by atoms with E-state index < -0.39 is 23.3 Å². The Morgan fingerprint density at radius 3 is 2.56 bits per heavy atom. The standard InChI is InChI=1S/C18H17ClFN5O2/c1-10-8-11(2)24(22-10)16-6-7-17(26)25(23-16)12(3)18(27)21-13-4-5-15(20)14(19)9-13/h4-9,12H,1-3H3,(H,21,27)/t12-/m0/s1. The minimum atomic E-state index is -0.904. The Hall–Kier alpha value is -3.00. The first-order chi connectivity index (χ1) is 12.8. The van der Waals surface area contributed by atoms with Gasteiger partial charge in [0.05, 0.1) is 10.7 Å². The highest BCUT2D eigenvalue weighted by Gasteiger charge is 2.19. The monoisotopic (exact) mass is 389 g/mol. The summed E-state index contributed by atoms with van der Waals surface area (Å²) in [5.41, 5.74) is 1.55. The molecule has 140 valence electrons. The van der Waals surface area contributed by atoms with Gasteiger partial charge in [-0.2, -0.15) is 5.10 Å². The number of hydrogen-bond donors (Lipinski definition) is 1. The molecule has 3 rings (SSSR count). The van der Waals surface area contributed by atoms with Crippen molar-refractivity contribution in [1.82, 2.24) is 19.6 Å². The summed E-state index contributed by atoms with van der Waals surface area (Å²) in [6, 6.07) is 7.68. The average Bonchev–Trinajstić information content (AvgIpc) is 2.96. The van der Waals surface area contributed by atoms with Gasteiger partial charge in [-0.1, -0.05) is 11.6 Å². The zero-order valence-electron chi connectivity index (χ0n) is 14.9. The minimum Gasteiger partial charge on any atom is -0.324 e. The Labute approximate surface area is 159 Å². The lowest BCUT2D eigenvalue weighted by molar-refractivity contribution is -0.119. The summed E-state index contributed by atoms with van der Waals surface area (Å²) in [6.07, 6.45) is 0. The van der Waals surface area contributed by atoms with Gasteiger partial charge in [0, 0.05) is 17.4 Å². The molecule has 3 aromatic rings. The third kappa shape index (κ3) is 3.90. The van der Waals surface area contributed by atoms with Gasteiger partial charge >= 0.3 is 0 Å². The van der Waals surface area contributed by atoms with Crippen molar-refractivity contribution >= 4 is 23.2 Å². The Bertz CT molecular complexity index is 1080. The molecule has 7 nitrogen and oxygen atoms in total. The van der Waals surface area contributed by atoms with Crippen molar-refractivity contribution < 1.29 is 9.18 Å². The van der Waals surface area contributed by atoms with Gasteiger partial charge in [0.25, 0.3) is 5.56 Å². The van der Waals surface area contributed by atoms with Crippen molar-refractivity contribution in [2.45, 2.75) is 26.8 Å². The third-order valence-electron chi connectivity index (χ3n) is 3.97. The van der Waals surface area contributed by atoms with Gasteiger partial charge < -0.3 is 5.32 Å². The topological polar surface area (TPSA) is 81.8 Å². The smallest absolute Gasteiger partial charge is 0.267 e. The lowest BCUT2D eigenvalue weighted by Gasteiger charge is -2.15. The number of nitrogens with one attached hydrogen (secondary N) is 1. The summed E-state index contributed by atoms with van der Waals surface area (Å²) in [5, 5.41) is 11.1. The molecule has 9 heteroatoms. The van der Waals surface area contributed by atoms with Gasteiger partial charge in [0.2, 0.25) is 5.91 Å². The molecule has 0 spiro atoms. The van der Waals surface area contributed by atoms with E-state index in [1.807, 2.05) is 19.9 Å². The van der Waals surface area contributed by atoms with Crippen LogP contribution in [0.4, 0.5) is 10.1 Å². The summed E-state index contributed by atoms with van der Waals surface area (Å²) in [5.74, 6) is -0.652. The van der Waals surface area contributed by atoms with E-state index in [2.05, 4.69) is 15.5 Å². The lowest BCUT2D eigenvalue weighted by atomic mass is 10.2. The predicted octanol–water partition coefficient (Wildman–Crippen LogP) is 3.04. The van der Waals surface area contributed by atoms with Crippen molar-refractivity contribution in [3.05, 3.63) is 69.0 Å². The number of hydrogen-bond acceptors (Lipinski definition) is 4.